The second-order valence-electron chi connectivity index (χ2n) is 4.38. The lowest BCUT2D eigenvalue weighted by atomic mass is 10.1. The van der Waals surface area contributed by atoms with Gasteiger partial charge in [0.2, 0.25) is 0 Å². The van der Waals surface area contributed by atoms with Gasteiger partial charge in [-0.05, 0) is 30.7 Å². The Morgan fingerprint density at radius 1 is 1.21 bits per heavy atom. The van der Waals surface area contributed by atoms with Crippen LogP contribution >= 0.6 is 0 Å². The average Bonchev–Trinajstić information content (AvgIpc) is 2.42. The molecule has 2 rings (SSSR count). The highest BCUT2D eigenvalue weighted by atomic mass is 16.3. The molecule has 2 aromatic carbocycles. The SMILES string of the molecule is CC(NC(=O)c1cc(N)ccc1O)c1ccccc1. The van der Waals surface area contributed by atoms with E-state index in [4.69, 9.17) is 5.73 Å². The summed E-state index contributed by atoms with van der Waals surface area (Å²) in [6, 6.07) is 13.9. The normalized spacial score (nSPS) is 11.8. The van der Waals surface area contributed by atoms with Gasteiger partial charge in [0, 0.05) is 5.69 Å². The molecule has 19 heavy (non-hydrogen) atoms. The number of nitrogens with two attached hydrogens (primary N) is 1. The highest BCUT2D eigenvalue weighted by Crippen LogP contribution is 2.21. The van der Waals surface area contributed by atoms with Gasteiger partial charge < -0.3 is 16.2 Å². The first kappa shape index (κ1) is 13.0. The minimum absolute atomic E-state index is 0.0769. The van der Waals surface area contributed by atoms with Gasteiger partial charge in [0.15, 0.2) is 0 Å². The topological polar surface area (TPSA) is 75.4 Å². The summed E-state index contributed by atoms with van der Waals surface area (Å²) in [4.78, 5) is 12.1. The minimum atomic E-state index is -0.346. The number of hydrogen-bond donors (Lipinski definition) is 3. The molecule has 0 saturated heterocycles. The van der Waals surface area contributed by atoms with Crippen LogP contribution in [-0.2, 0) is 0 Å². The average molecular weight is 256 g/mol. The second-order valence-corrected chi connectivity index (χ2v) is 4.38. The standard InChI is InChI=1S/C15H16N2O2/c1-10(11-5-3-2-4-6-11)17-15(19)13-9-12(16)7-8-14(13)18/h2-10,18H,16H2,1H3,(H,17,19). The molecule has 0 heterocycles. The first-order valence-corrected chi connectivity index (χ1v) is 6.02. The summed E-state index contributed by atoms with van der Waals surface area (Å²) in [7, 11) is 0. The van der Waals surface area contributed by atoms with Crippen LogP contribution in [0.2, 0.25) is 0 Å². The number of hydrogen-bond acceptors (Lipinski definition) is 3. The Morgan fingerprint density at radius 3 is 2.58 bits per heavy atom. The molecule has 0 bridgehead atoms. The van der Waals surface area contributed by atoms with Gasteiger partial charge in [-0.1, -0.05) is 30.3 Å². The van der Waals surface area contributed by atoms with E-state index in [-0.39, 0.29) is 23.3 Å². The lowest BCUT2D eigenvalue weighted by molar-refractivity contribution is 0.0937. The maximum atomic E-state index is 12.1. The van der Waals surface area contributed by atoms with Gasteiger partial charge in [0.1, 0.15) is 5.75 Å². The highest BCUT2D eigenvalue weighted by molar-refractivity contribution is 5.97. The van der Waals surface area contributed by atoms with Gasteiger partial charge in [-0.3, -0.25) is 4.79 Å². The van der Waals surface area contributed by atoms with Crippen LogP contribution in [0, 0.1) is 0 Å². The predicted octanol–water partition coefficient (Wildman–Crippen LogP) is 2.47. The van der Waals surface area contributed by atoms with E-state index >= 15 is 0 Å². The van der Waals surface area contributed by atoms with Crippen LogP contribution in [-0.4, -0.2) is 11.0 Å². The first-order valence-electron chi connectivity index (χ1n) is 6.02. The third kappa shape index (κ3) is 3.04. The molecule has 0 aliphatic carbocycles. The van der Waals surface area contributed by atoms with E-state index in [0.29, 0.717) is 5.69 Å². The predicted molar refractivity (Wildman–Crippen MR) is 74.8 cm³/mol. The Morgan fingerprint density at radius 2 is 1.89 bits per heavy atom. The Bertz CT molecular complexity index is 582. The lowest BCUT2D eigenvalue weighted by Crippen LogP contribution is -2.26. The molecule has 1 unspecified atom stereocenters. The van der Waals surface area contributed by atoms with Crippen molar-refractivity contribution >= 4 is 11.6 Å². The van der Waals surface area contributed by atoms with Crippen molar-refractivity contribution in [2.75, 3.05) is 5.73 Å². The molecule has 4 heteroatoms. The fraction of sp³-hybridized carbons (Fsp3) is 0.133. The monoisotopic (exact) mass is 256 g/mol. The van der Waals surface area contributed by atoms with E-state index in [1.165, 1.54) is 12.1 Å². The van der Waals surface area contributed by atoms with Gasteiger partial charge in [-0.2, -0.15) is 0 Å². The molecule has 0 aliphatic heterocycles. The fourth-order valence-electron chi connectivity index (χ4n) is 1.83. The Balaban J connectivity index is 2.15. The molecule has 0 saturated carbocycles. The van der Waals surface area contributed by atoms with Crippen LogP contribution in [0.1, 0.15) is 28.9 Å². The molecule has 4 N–H and O–H groups in total. The zero-order valence-electron chi connectivity index (χ0n) is 10.6. The third-order valence-electron chi connectivity index (χ3n) is 2.91. The number of nitrogens with one attached hydrogen (secondary N) is 1. The number of amides is 1. The quantitative estimate of drug-likeness (QED) is 0.583. The van der Waals surface area contributed by atoms with Crippen LogP contribution in [0.3, 0.4) is 0 Å². The van der Waals surface area contributed by atoms with Gasteiger partial charge in [0.05, 0.1) is 11.6 Å². The van der Waals surface area contributed by atoms with E-state index in [0.717, 1.165) is 5.56 Å². The summed E-state index contributed by atoms with van der Waals surface area (Å²) in [5, 5.41) is 12.5. The van der Waals surface area contributed by atoms with E-state index in [1.54, 1.807) is 6.07 Å². The molecular weight excluding hydrogens is 240 g/mol. The first-order chi connectivity index (χ1) is 9.08. The Labute approximate surface area is 111 Å². The lowest BCUT2D eigenvalue weighted by Gasteiger charge is -2.15. The van der Waals surface area contributed by atoms with Crippen molar-refractivity contribution in [3.05, 3.63) is 59.7 Å². The minimum Gasteiger partial charge on any atom is -0.507 e. The molecule has 1 amide bonds. The summed E-state index contributed by atoms with van der Waals surface area (Å²) in [5.74, 6) is -0.423. The summed E-state index contributed by atoms with van der Waals surface area (Å²) in [6.07, 6.45) is 0. The van der Waals surface area contributed by atoms with Crippen molar-refractivity contribution in [1.29, 1.82) is 0 Å². The number of phenols is 1. The Hall–Kier alpha value is -2.49. The number of phenolic OH excluding ortho intramolecular Hbond substituents is 1. The molecule has 0 aromatic heterocycles. The van der Waals surface area contributed by atoms with E-state index in [9.17, 15) is 9.90 Å². The zero-order valence-corrected chi connectivity index (χ0v) is 10.6. The van der Waals surface area contributed by atoms with Gasteiger partial charge in [-0.15, -0.1) is 0 Å². The molecule has 0 spiro atoms. The van der Waals surface area contributed by atoms with Crippen molar-refractivity contribution in [2.45, 2.75) is 13.0 Å². The van der Waals surface area contributed by atoms with Gasteiger partial charge >= 0.3 is 0 Å². The summed E-state index contributed by atoms with van der Waals surface area (Å²) in [6.45, 7) is 1.89. The Kier molecular flexibility index (Phi) is 3.71. The number of anilines is 1. The second kappa shape index (κ2) is 5.44. The maximum absolute atomic E-state index is 12.1. The van der Waals surface area contributed by atoms with Gasteiger partial charge in [0.25, 0.3) is 5.91 Å². The maximum Gasteiger partial charge on any atom is 0.255 e. The van der Waals surface area contributed by atoms with Crippen molar-refractivity contribution < 1.29 is 9.90 Å². The number of carbonyl (C=O) groups is 1. The van der Waals surface area contributed by atoms with Crippen LogP contribution in [0.25, 0.3) is 0 Å². The number of benzene rings is 2. The molecule has 4 nitrogen and oxygen atoms in total. The molecule has 98 valence electrons. The van der Waals surface area contributed by atoms with Crippen LogP contribution < -0.4 is 11.1 Å². The molecule has 0 fully saturated rings. The van der Waals surface area contributed by atoms with Crippen molar-refractivity contribution in [1.82, 2.24) is 5.32 Å². The van der Waals surface area contributed by atoms with Crippen molar-refractivity contribution in [3.8, 4) is 5.75 Å². The summed E-state index contributed by atoms with van der Waals surface area (Å²) >= 11 is 0. The number of rotatable bonds is 3. The van der Waals surface area contributed by atoms with Crippen molar-refractivity contribution in [3.63, 3.8) is 0 Å². The fourth-order valence-corrected chi connectivity index (χ4v) is 1.83. The molecule has 2 aromatic rings. The van der Waals surface area contributed by atoms with E-state index < -0.39 is 0 Å². The van der Waals surface area contributed by atoms with Gasteiger partial charge in [-0.25, -0.2) is 0 Å². The largest absolute Gasteiger partial charge is 0.507 e. The number of carbonyl (C=O) groups excluding carboxylic acids is 1. The van der Waals surface area contributed by atoms with E-state index in [1.807, 2.05) is 37.3 Å². The van der Waals surface area contributed by atoms with Crippen LogP contribution in [0.15, 0.2) is 48.5 Å². The van der Waals surface area contributed by atoms with Crippen molar-refractivity contribution in [2.24, 2.45) is 0 Å². The molecular formula is C15H16N2O2. The van der Waals surface area contributed by atoms with E-state index in [2.05, 4.69) is 5.32 Å². The smallest absolute Gasteiger partial charge is 0.255 e. The molecule has 0 radical (unpaired) electrons. The zero-order chi connectivity index (χ0) is 13.8. The number of nitrogen functional groups attached to an aromatic ring is 1. The highest BCUT2D eigenvalue weighted by Gasteiger charge is 2.14. The molecule has 1 atom stereocenters. The van der Waals surface area contributed by atoms with Crippen LogP contribution in [0.5, 0.6) is 5.75 Å². The summed E-state index contributed by atoms with van der Waals surface area (Å²) in [5.41, 5.74) is 7.24. The molecule has 0 aliphatic rings. The summed E-state index contributed by atoms with van der Waals surface area (Å²) < 4.78 is 0. The van der Waals surface area contributed by atoms with Crippen LogP contribution in [0.4, 0.5) is 5.69 Å². The number of aromatic hydroxyl groups is 1. The third-order valence-corrected chi connectivity index (χ3v) is 2.91.